The van der Waals surface area contributed by atoms with Crippen LogP contribution in [0.3, 0.4) is 0 Å². The zero-order valence-electron chi connectivity index (χ0n) is 15.0. The molecule has 3 heterocycles. The van der Waals surface area contributed by atoms with Crippen molar-refractivity contribution in [1.82, 2.24) is 14.7 Å². The molecule has 4 rings (SSSR count). The van der Waals surface area contributed by atoms with E-state index in [1.54, 1.807) is 17.6 Å². The minimum atomic E-state index is -0.0737. The average molecular weight is 350 g/mol. The van der Waals surface area contributed by atoms with Crippen LogP contribution in [0.25, 0.3) is 16.9 Å². The molecule has 0 amide bonds. The first-order chi connectivity index (χ1) is 12.7. The van der Waals surface area contributed by atoms with Crippen molar-refractivity contribution in [2.24, 2.45) is 0 Å². The second-order valence-electron chi connectivity index (χ2n) is 6.52. The van der Waals surface area contributed by atoms with Crippen molar-refractivity contribution in [2.45, 2.75) is 6.92 Å². The van der Waals surface area contributed by atoms with Gasteiger partial charge in [-0.25, -0.2) is 4.98 Å². The molecule has 0 spiro atoms. The first-order valence-electron chi connectivity index (χ1n) is 8.80. The number of piperazine rings is 1. The summed E-state index contributed by atoms with van der Waals surface area (Å²) in [4.78, 5) is 19.6. The molecule has 0 bridgehead atoms. The molecular weight excluding hydrogens is 328 g/mol. The van der Waals surface area contributed by atoms with Crippen molar-refractivity contribution >= 4 is 11.3 Å². The number of ether oxygens (including phenoxy) is 1. The highest BCUT2D eigenvalue weighted by atomic mass is 16.5. The summed E-state index contributed by atoms with van der Waals surface area (Å²) in [5.74, 6) is 0.826. The summed E-state index contributed by atoms with van der Waals surface area (Å²) in [5.41, 5.74) is 4.23. The minimum Gasteiger partial charge on any atom is -0.496 e. The van der Waals surface area contributed by atoms with Crippen molar-refractivity contribution in [3.8, 4) is 17.0 Å². The molecule has 0 unspecified atom stereocenters. The number of nitrogens with one attached hydrogen (secondary N) is 1. The second kappa shape index (κ2) is 6.80. The Kier molecular flexibility index (Phi) is 4.34. The van der Waals surface area contributed by atoms with E-state index in [1.807, 2.05) is 43.5 Å². The van der Waals surface area contributed by atoms with Crippen LogP contribution in [-0.4, -0.2) is 42.7 Å². The molecule has 0 radical (unpaired) electrons. The number of aromatic nitrogens is 2. The predicted octanol–water partition coefficient (Wildman–Crippen LogP) is 2.09. The minimum absolute atomic E-state index is 0.0737. The van der Waals surface area contributed by atoms with Crippen molar-refractivity contribution in [1.29, 1.82) is 0 Å². The SMILES string of the molecule is COc1ccc(-c2cc(=O)n3cc(N4CCNCC4)ccc3n2)cc1C. The normalized spacial score (nSPS) is 14.6. The third-order valence-corrected chi connectivity index (χ3v) is 4.82. The number of fused-ring (bicyclic) bond motifs is 1. The van der Waals surface area contributed by atoms with E-state index in [9.17, 15) is 4.79 Å². The Hall–Kier alpha value is -2.86. The predicted molar refractivity (Wildman–Crippen MR) is 103 cm³/mol. The summed E-state index contributed by atoms with van der Waals surface area (Å²) in [6, 6.07) is 11.4. The fraction of sp³-hybridized carbons (Fsp3) is 0.300. The molecule has 134 valence electrons. The maximum Gasteiger partial charge on any atom is 0.258 e. The number of benzene rings is 1. The largest absolute Gasteiger partial charge is 0.496 e. The molecule has 3 aromatic rings. The molecule has 1 fully saturated rings. The number of rotatable bonds is 3. The topological polar surface area (TPSA) is 58.9 Å². The van der Waals surface area contributed by atoms with Crippen molar-refractivity contribution in [3.63, 3.8) is 0 Å². The van der Waals surface area contributed by atoms with Gasteiger partial charge < -0.3 is 15.0 Å². The van der Waals surface area contributed by atoms with Crippen LogP contribution in [-0.2, 0) is 0 Å². The summed E-state index contributed by atoms with van der Waals surface area (Å²) in [6.45, 7) is 5.78. The molecule has 1 aliphatic heterocycles. The molecule has 1 aliphatic rings. The quantitative estimate of drug-likeness (QED) is 0.784. The molecule has 1 saturated heterocycles. The number of aryl methyl sites for hydroxylation is 1. The van der Waals surface area contributed by atoms with Gasteiger partial charge in [0.2, 0.25) is 0 Å². The van der Waals surface area contributed by atoms with Crippen LogP contribution in [0.5, 0.6) is 5.75 Å². The van der Waals surface area contributed by atoms with Crippen LogP contribution in [0, 0.1) is 6.92 Å². The first-order valence-corrected chi connectivity index (χ1v) is 8.80. The molecule has 26 heavy (non-hydrogen) atoms. The van der Waals surface area contributed by atoms with Crippen LogP contribution in [0.4, 0.5) is 5.69 Å². The summed E-state index contributed by atoms with van der Waals surface area (Å²) < 4.78 is 6.93. The highest BCUT2D eigenvalue weighted by Gasteiger charge is 2.12. The number of hydrogen-bond acceptors (Lipinski definition) is 5. The van der Waals surface area contributed by atoms with Crippen LogP contribution in [0.15, 0.2) is 47.4 Å². The maximum atomic E-state index is 12.7. The highest BCUT2D eigenvalue weighted by molar-refractivity contribution is 5.64. The summed E-state index contributed by atoms with van der Waals surface area (Å²) in [5, 5.41) is 3.34. The fourth-order valence-corrected chi connectivity index (χ4v) is 3.39. The molecule has 0 saturated carbocycles. The Morgan fingerprint density at radius 1 is 1.12 bits per heavy atom. The van der Waals surface area contributed by atoms with E-state index in [1.165, 1.54) is 0 Å². The van der Waals surface area contributed by atoms with Crippen LogP contribution >= 0.6 is 0 Å². The average Bonchev–Trinajstić information content (AvgIpc) is 2.68. The number of hydrogen-bond donors (Lipinski definition) is 1. The second-order valence-corrected chi connectivity index (χ2v) is 6.52. The van der Waals surface area contributed by atoms with E-state index in [4.69, 9.17) is 4.74 Å². The Morgan fingerprint density at radius 3 is 2.65 bits per heavy atom. The molecule has 1 N–H and O–H groups in total. The number of anilines is 1. The molecule has 2 aromatic heterocycles. The summed E-state index contributed by atoms with van der Waals surface area (Å²) >= 11 is 0. The zero-order valence-corrected chi connectivity index (χ0v) is 15.0. The number of nitrogens with zero attached hydrogens (tertiary/aromatic N) is 3. The molecular formula is C20H22N4O2. The van der Waals surface area contributed by atoms with E-state index < -0.39 is 0 Å². The van der Waals surface area contributed by atoms with Gasteiger partial charge in [-0.3, -0.25) is 9.20 Å². The Morgan fingerprint density at radius 2 is 1.92 bits per heavy atom. The first kappa shape index (κ1) is 16.6. The van der Waals surface area contributed by atoms with Gasteiger partial charge >= 0.3 is 0 Å². The standard InChI is InChI=1S/C20H22N4O2/c1-14-11-15(3-5-18(14)26-2)17-12-20(25)24-13-16(4-6-19(24)22-17)23-9-7-21-8-10-23/h3-6,11-13,21H,7-10H2,1-2H3. The smallest absolute Gasteiger partial charge is 0.258 e. The third-order valence-electron chi connectivity index (χ3n) is 4.82. The van der Waals surface area contributed by atoms with Crippen LogP contribution in [0.1, 0.15) is 5.56 Å². The summed E-state index contributed by atoms with van der Waals surface area (Å²) in [6.07, 6.45) is 1.89. The lowest BCUT2D eigenvalue weighted by atomic mass is 10.1. The summed E-state index contributed by atoms with van der Waals surface area (Å²) in [7, 11) is 1.65. The lowest BCUT2D eigenvalue weighted by Crippen LogP contribution is -2.43. The van der Waals surface area contributed by atoms with Gasteiger partial charge in [-0.15, -0.1) is 0 Å². The highest BCUT2D eigenvalue weighted by Crippen LogP contribution is 2.25. The molecule has 6 nitrogen and oxygen atoms in total. The molecule has 1 aromatic carbocycles. The molecule has 0 atom stereocenters. The van der Waals surface area contributed by atoms with Crippen LogP contribution in [0.2, 0.25) is 0 Å². The maximum absolute atomic E-state index is 12.7. The number of pyridine rings is 1. The Balaban J connectivity index is 1.75. The number of methoxy groups -OCH3 is 1. The van der Waals surface area contributed by atoms with Gasteiger partial charge in [0.1, 0.15) is 11.4 Å². The van der Waals surface area contributed by atoms with Crippen molar-refractivity contribution < 1.29 is 4.74 Å². The lowest BCUT2D eigenvalue weighted by Gasteiger charge is -2.29. The van der Waals surface area contributed by atoms with Gasteiger partial charge in [0.05, 0.1) is 18.5 Å². The van der Waals surface area contributed by atoms with Gasteiger partial charge in [0.15, 0.2) is 0 Å². The monoisotopic (exact) mass is 350 g/mol. The van der Waals surface area contributed by atoms with Crippen LogP contribution < -0.4 is 20.5 Å². The van der Waals surface area contributed by atoms with Gasteiger partial charge in [-0.05, 0) is 42.8 Å². The van der Waals surface area contributed by atoms with E-state index in [2.05, 4.69) is 15.2 Å². The van der Waals surface area contributed by atoms with Gasteiger partial charge in [0.25, 0.3) is 5.56 Å². The Labute approximate surface area is 152 Å². The Bertz CT molecular complexity index is 1010. The van der Waals surface area contributed by atoms with E-state index >= 15 is 0 Å². The molecule has 6 heteroatoms. The third kappa shape index (κ3) is 3.04. The van der Waals surface area contributed by atoms with Gasteiger partial charge in [-0.2, -0.15) is 0 Å². The van der Waals surface area contributed by atoms with E-state index in [0.29, 0.717) is 11.3 Å². The van der Waals surface area contributed by atoms with Crippen molar-refractivity contribution in [2.75, 3.05) is 38.2 Å². The fourth-order valence-electron chi connectivity index (χ4n) is 3.39. The zero-order chi connectivity index (χ0) is 18.1. The molecule has 0 aliphatic carbocycles. The van der Waals surface area contributed by atoms with Crippen molar-refractivity contribution in [3.05, 3.63) is 58.5 Å². The van der Waals surface area contributed by atoms with Gasteiger partial charge in [0, 0.05) is 44.0 Å². The van der Waals surface area contributed by atoms with Gasteiger partial charge in [-0.1, -0.05) is 0 Å². The van der Waals surface area contributed by atoms with E-state index in [-0.39, 0.29) is 5.56 Å². The van der Waals surface area contributed by atoms with E-state index in [0.717, 1.165) is 48.7 Å². The lowest BCUT2D eigenvalue weighted by molar-refractivity contribution is 0.412.